The van der Waals surface area contributed by atoms with Crippen molar-refractivity contribution in [1.29, 1.82) is 0 Å². The van der Waals surface area contributed by atoms with Gasteiger partial charge in [0.05, 0.1) is 11.6 Å². The predicted octanol–water partition coefficient (Wildman–Crippen LogP) is 6.40. The Morgan fingerprint density at radius 1 is 0.875 bits per heavy atom. The maximum absolute atomic E-state index is 13.5. The largest absolute Gasteiger partial charge is 0.416 e. The summed E-state index contributed by atoms with van der Waals surface area (Å²) in [4.78, 5) is 0.0632. The van der Waals surface area contributed by atoms with E-state index in [4.69, 9.17) is 12.2 Å². The van der Waals surface area contributed by atoms with Crippen molar-refractivity contribution in [3.8, 4) is 0 Å². The maximum Gasteiger partial charge on any atom is 0.416 e. The van der Waals surface area contributed by atoms with Gasteiger partial charge < -0.3 is 10.0 Å². The quantitative estimate of drug-likeness (QED) is 0.344. The van der Waals surface area contributed by atoms with Crippen LogP contribution < -0.4 is 0 Å². The molecular weight excluding hydrogens is 465 g/mol. The molecule has 9 heteroatoms. The van der Waals surface area contributed by atoms with Gasteiger partial charge in [-0.15, -0.1) is 0 Å². The van der Waals surface area contributed by atoms with Crippen LogP contribution in [0.4, 0.5) is 22.0 Å². The van der Waals surface area contributed by atoms with Crippen LogP contribution in [0, 0.1) is 11.6 Å². The molecule has 0 bridgehead atoms. The lowest BCUT2D eigenvalue weighted by atomic mass is 9.93. The molecule has 1 N–H and O–H groups in total. The van der Waals surface area contributed by atoms with Gasteiger partial charge >= 0.3 is 6.18 Å². The summed E-state index contributed by atoms with van der Waals surface area (Å²) in [5.74, 6) is -0.926. The Balaban J connectivity index is 1.74. The third-order valence-corrected chi connectivity index (χ3v) is 6.90. The fraction of sp³-hybridized carbons (Fsp3) is 0.174. The summed E-state index contributed by atoms with van der Waals surface area (Å²) in [6, 6.07) is 14.8. The van der Waals surface area contributed by atoms with E-state index in [1.807, 2.05) is 0 Å². The molecule has 2 atom stereocenters. The lowest BCUT2D eigenvalue weighted by Crippen LogP contribution is -2.35. The highest BCUT2D eigenvalue weighted by atomic mass is 32.2. The van der Waals surface area contributed by atoms with Crippen molar-refractivity contribution in [2.45, 2.75) is 23.7 Å². The number of thioether (sulfide) groups is 1. The second kappa shape index (κ2) is 8.46. The fourth-order valence-corrected chi connectivity index (χ4v) is 5.41. The van der Waals surface area contributed by atoms with E-state index < -0.39 is 34.3 Å². The summed E-state index contributed by atoms with van der Waals surface area (Å²) in [6.07, 6.45) is -4.45. The first-order chi connectivity index (χ1) is 15.1. The molecule has 0 saturated carbocycles. The maximum atomic E-state index is 13.5. The van der Waals surface area contributed by atoms with Crippen LogP contribution in [0.3, 0.4) is 0 Å². The number of thiocarbonyl (C=S) groups is 1. The SMILES string of the molecule is OC1(c2ccc(F)cc2)SC(=S)N(Cc2ccc(C(F)(F)F)cc2)C1c1ccc(F)cc1. The van der Waals surface area contributed by atoms with Gasteiger partial charge in [-0.1, -0.05) is 60.4 Å². The summed E-state index contributed by atoms with van der Waals surface area (Å²) in [5.41, 5.74) is 0.738. The smallest absolute Gasteiger partial charge is 0.372 e. The molecule has 0 amide bonds. The van der Waals surface area contributed by atoms with E-state index in [1.54, 1.807) is 4.90 Å². The Hall–Kier alpha value is -2.49. The van der Waals surface area contributed by atoms with Crippen LogP contribution in [-0.4, -0.2) is 14.3 Å². The summed E-state index contributed by atoms with van der Waals surface area (Å²) in [6.45, 7) is 0.121. The van der Waals surface area contributed by atoms with Gasteiger partial charge in [-0.2, -0.15) is 13.2 Å². The van der Waals surface area contributed by atoms with E-state index in [-0.39, 0.29) is 6.54 Å². The van der Waals surface area contributed by atoms with Crippen molar-refractivity contribution in [3.05, 3.63) is 107 Å². The molecule has 166 valence electrons. The number of alkyl halides is 3. The van der Waals surface area contributed by atoms with E-state index in [2.05, 4.69) is 0 Å². The molecular formula is C23H16F5NOS2. The predicted molar refractivity (Wildman–Crippen MR) is 117 cm³/mol. The van der Waals surface area contributed by atoms with E-state index in [1.165, 1.54) is 60.7 Å². The average molecular weight is 482 g/mol. The number of benzene rings is 3. The Morgan fingerprint density at radius 3 is 1.94 bits per heavy atom. The molecule has 1 saturated heterocycles. The van der Waals surface area contributed by atoms with Gasteiger partial charge in [0.25, 0.3) is 0 Å². The Kier molecular flexibility index (Phi) is 6.00. The van der Waals surface area contributed by atoms with Crippen LogP contribution >= 0.6 is 24.0 Å². The van der Waals surface area contributed by atoms with Crippen LogP contribution in [0.15, 0.2) is 72.8 Å². The number of hydrogen-bond acceptors (Lipinski definition) is 3. The van der Waals surface area contributed by atoms with Crippen LogP contribution in [0.5, 0.6) is 0 Å². The molecule has 1 fully saturated rings. The van der Waals surface area contributed by atoms with E-state index in [0.717, 1.165) is 23.9 Å². The molecule has 1 heterocycles. The summed E-state index contributed by atoms with van der Waals surface area (Å²) in [7, 11) is 0. The highest BCUT2D eigenvalue weighted by Crippen LogP contribution is 2.55. The van der Waals surface area contributed by atoms with Gasteiger partial charge in [0.2, 0.25) is 0 Å². The molecule has 0 radical (unpaired) electrons. The zero-order valence-corrected chi connectivity index (χ0v) is 17.9. The fourth-order valence-electron chi connectivity index (χ4n) is 3.67. The lowest BCUT2D eigenvalue weighted by molar-refractivity contribution is -0.137. The molecule has 0 spiro atoms. The van der Waals surface area contributed by atoms with E-state index in [0.29, 0.717) is 21.0 Å². The molecule has 4 rings (SSSR count). The third kappa shape index (κ3) is 4.37. The Morgan fingerprint density at radius 2 is 1.41 bits per heavy atom. The van der Waals surface area contributed by atoms with Crippen molar-refractivity contribution in [2.75, 3.05) is 0 Å². The van der Waals surface area contributed by atoms with Crippen molar-refractivity contribution in [2.24, 2.45) is 0 Å². The Bertz CT molecular complexity index is 1120. The molecule has 0 aromatic heterocycles. The first-order valence-corrected chi connectivity index (χ1v) is 10.7. The highest BCUT2D eigenvalue weighted by molar-refractivity contribution is 8.23. The molecule has 2 nitrogen and oxygen atoms in total. The van der Waals surface area contributed by atoms with Gasteiger partial charge in [0, 0.05) is 6.54 Å². The van der Waals surface area contributed by atoms with Gasteiger partial charge in [-0.3, -0.25) is 0 Å². The first-order valence-electron chi connectivity index (χ1n) is 9.47. The Labute approximate surface area is 190 Å². The molecule has 1 aliphatic heterocycles. The van der Waals surface area contributed by atoms with Crippen LogP contribution in [0.1, 0.15) is 28.3 Å². The van der Waals surface area contributed by atoms with Crippen molar-refractivity contribution in [3.63, 3.8) is 0 Å². The number of hydrogen-bond donors (Lipinski definition) is 1. The monoisotopic (exact) mass is 481 g/mol. The molecule has 2 unspecified atom stereocenters. The van der Waals surface area contributed by atoms with Gasteiger partial charge in [0.15, 0.2) is 4.93 Å². The topological polar surface area (TPSA) is 23.5 Å². The lowest BCUT2D eigenvalue weighted by Gasteiger charge is -2.34. The number of nitrogens with zero attached hydrogens (tertiary/aromatic N) is 1. The van der Waals surface area contributed by atoms with Crippen molar-refractivity contribution < 1.29 is 27.1 Å². The van der Waals surface area contributed by atoms with Crippen LogP contribution in [-0.2, 0) is 17.7 Å². The molecule has 3 aromatic carbocycles. The number of aliphatic hydroxyl groups is 1. The molecule has 0 aliphatic carbocycles. The van der Waals surface area contributed by atoms with Gasteiger partial charge in [-0.05, 0) is 53.1 Å². The van der Waals surface area contributed by atoms with Gasteiger partial charge in [-0.25, -0.2) is 8.78 Å². The zero-order chi connectivity index (χ0) is 23.1. The molecule has 32 heavy (non-hydrogen) atoms. The molecule has 3 aromatic rings. The standard InChI is InChI=1S/C23H16F5NOS2/c24-18-9-3-15(4-10-18)20-22(30,16-7-11-19(25)12-8-16)32-21(31)29(20)13-14-1-5-17(6-2-14)23(26,27)28/h1-12,20,30H,13H2. The van der Waals surface area contributed by atoms with Crippen molar-refractivity contribution >= 4 is 28.3 Å². The second-order valence-corrected chi connectivity index (χ2v) is 9.21. The van der Waals surface area contributed by atoms with Crippen LogP contribution in [0.2, 0.25) is 0 Å². The minimum Gasteiger partial charge on any atom is -0.372 e. The van der Waals surface area contributed by atoms with Gasteiger partial charge in [0.1, 0.15) is 16.0 Å². The first kappa shape index (κ1) is 22.7. The summed E-state index contributed by atoms with van der Waals surface area (Å²) in [5, 5.41) is 11.7. The highest BCUT2D eigenvalue weighted by Gasteiger charge is 2.51. The zero-order valence-electron chi connectivity index (χ0n) is 16.3. The average Bonchev–Trinajstić information content (AvgIpc) is 2.99. The minimum atomic E-state index is -4.45. The van der Waals surface area contributed by atoms with Crippen LogP contribution in [0.25, 0.3) is 0 Å². The minimum absolute atomic E-state index is 0.121. The van der Waals surface area contributed by atoms with E-state index in [9.17, 15) is 27.1 Å². The number of rotatable bonds is 4. The number of halogens is 5. The second-order valence-electron chi connectivity index (χ2n) is 7.35. The summed E-state index contributed by atoms with van der Waals surface area (Å²) >= 11 is 6.49. The molecule has 1 aliphatic rings. The van der Waals surface area contributed by atoms with E-state index >= 15 is 0 Å². The third-order valence-electron chi connectivity index (χ3n) is 5.24. The summed E-state index contributed by atoms with van der Waals surface area (Å²) < 4.78 is 66.0. The normalized spacial score (nSPS) is 21.2. The van der Waals surface area contributed by atoms with Crippen molar-refractivity contribution in [1.82, 2.24) is 4.90 Å².